The van der Waals surface area contributed by atoms with Gasteiger partial charge >= 0.3 is 0 Å². The van der Waals surface area contributed by atoms with Crippen molar-refractivity contribution in [2.45, 2.75) is 12.2 Å². The van der Waals surface area contributed by atoms with Crippen LogP contribution in [0.15, 0.2) is 12.1 Å². The zero-order valence-corrected chi connectivity index (χ0v) is 9.21. The van der Waals surface area contributed by atoms with Crippen molar-refractivity contribution in [1.29, 1.82) is 0 Å². The van der Waals surface area contributed by atoms with Crippen LogP contribution in [0.2, 0.25) is 0 Å². The number of aliphatic hydroxyl groups excluding tert-OH is 2. The van der Waals surface area contributed by atoms with E-state index in [1.807, 2.05) is 0 Å². The van der Waals surface area contributed by atoms with Crippen LogP contribution in [0.3, 0.4) is 0 Å². The van der Waals surface area contributed by atoms with Crippen LogP contribution in [0.1, 0.15) is 11.7 Å². The molecular formula is C9H10BrF2NO2. The maximum Gasteiger partial charge on any atom is 0.154 e. The molecule has 1 aromatic rings. The zero-order chi connectivity index (χ0) is 11.6. The monoisotopic (exact) mass is 281 g/mol. The van der Waals surface area contributed by atoms with Gasteiger partial charge in [0, 0.05) is 5.33 Å². The van der Waals surface area contributed by atoms with Gasteiger partial charge in [-0.3, -0.25) is 0 Å². The Labute approximate surface area is 93.7 Å². The molecule has 2 unspecified atom stereocenters. The Balaban J connectivity index is 3.18. The lowest BCUT2D eigenvalue weighted by Gasteiger charge is -2.17. The number of hydrogen-bond acceptors (Lipinski definition) is 3. The molecule has 84 valence electrons. The van der Waals surface area contributed by atoms with E-state index in [9.17, 15) is 19.0 Å². The molecule has 1 aromatic carbocycles. The van der Waals surface area contributed by atoms with Crippen molar-refractivity contribution in [3.63, 3.8) is 0 Å². The fourth-order valence-electron chi connectivity index (χ4n) is 1.13. The SMILES string of the molecule is Nc1ccc(F)c(C(O)C(O)CBr)c1F. The lowest BCUT2D eigenvalue weighted by atomic mass is 10.0. The van der Waals surface area contributed by atoms with Crippen LogP contribution in [0.5, 0.6) is 0 Å². The highest BCUT2D eigenvalue weighted by molar-refractivity contribution is 9.09. The van der Waals surface area contributed by atoms with Crippen molar-refractivity contribution in [2.75, 3.05) is 11.1 Å². The van der Waals surface area contributed by atoms with Crippen molar-refractivity contribution in [3.05, 3.63) is 29.3 Å². The maximum atomic E-state index is 13.4. The predicted octanol–water partition coefficient (Wildman–Crippen LogP) is 1.34. The fraction of sp³-hybridized carbons (Fsp3) is 0.333. The number of halogens is 3. The summed E-state index contributed by atoms with van der Waals surface area (Å²) < 4.78 is 26.6. The largest absolute Gasteiger partial charge is 0.396 e. The Kier molecular flexibility index (Phi) is 4.01. The van der Waals surface area contributed by atoms with E-state index in [0.29, 0.717) is 0 Å². The summed E-state index contributed by atoms with van der Waals surface area (Å²) in [6.07, 6.45) is -2.94. The molecule has 6 heteroatoms. The Bertz CT molecular complexity index is 362. The molecule has 1 rings (SSSR count). The summed E-state index contributed by atoms with van der Waals surface area (Å²) in [5.41, 5.74) is 4.34. The highest BCUT2D eigenvalue weighted by Crippen LogP contribution is 2.27. The molecule has 0 aliphatic carbocycles. The highest BCUT2D eigenvalue weighted by atomic mass is 79.9. The third-order valence-corrected chi connectivity index (χ3v) is 2.64. The first kappa shape index (κ1) is 12.4. The minimum absolute atomic E-state index is 0.00183. The quantitative estimate of drug-likeness (QED) is 0.579. The van der Waals surface area contributed by atoms with Gasteiger partial charge in [0.1, 0.15) is 11.9 Å². The first-order valence-electron chi connectivity index (χ1n) is 4.14. The zero-order valence-electron chi connectivity index (χ0n) is 7.62. The van der Waals surface area contributed by atoms with Crippen molar-refractivity contribution in [3.8, 4) is 0 Å². The molecule has 15 heavy (non-hydrogen) atoms. The number of benzene rings is 1. The Morgan fingerprint density at radius 3 is 2.47 bits per heavy atom. The number of anilines is 1. The van der Waals surface area contributed by atoms with Gasteiger partial charge in [0.15, 0.2) is 5.82 Å². The number of nitrogens with two attached hydrogens (primary N) is 1. The summed E-state index contributed by atoms with van der Waals surface area (Å²) in [4.78, 5) is 0. The van der Waals surface area contributed by atoms with Gasteiger partial charge in [-0.05, 0) is 12.1 Å². The molecule has 0 heterocycles. The van der Waals surface area contributed by atoms with E-state index in [4.69, 9.17) is 5.73 Å². The summed E-state index contributed by atoms with van der Waals surface area (Å²) >= 11 is 2.89. The molecule has 0 aliphatic heterocycles. The Hall–Kier alpha value is -0.720. The van der Waals surface area contributed by atoms with E-state index < -0.39 is 29.4 Å². The van der Waals surface area contributed by atoms with Gasteiger partial charge in [0.25, 0.3) is 0 Å². The maximum absolute atomic E-state index is 13.4. The van der Waals surface area contributed by atoms with E-state index in [1.54, 1.807) is 0 Å². The summed E-state index contributed by atoms with van der Waals surface area (Å²) in [5.74, 6) is -1.98. The van der Waals surface area contributed by atoms with Crippen LogP contribution >= 0.6 is 15.9 Å². The van der Waals surface area contributed by atoms with E-state index in [1.165, 1.54) is 0 Å². The van der Waals surface area contributed by atoms with Gasteiger partial charge in [-0.25, -0.2) is 8.78 Å². The van der Waals surface area contributed by atoms with Crippen LogP contribution in [-0.2, 0) is 0 Å². The van der Waals surface area contributed by atoms with E-state index >= 15 is 0 Å². The van der Waals surface area contributed by atoms with Crippen LogP contribution < -0.4 is 5.73 Å². The normalized spacial score (nSPS) is 15.0. The van der Waals surface area contributed by atoms with Crippen molar-refractivity contribution in [1.82, 2.24) is 0 Å². The number of nitrogen functional groups attached to an aromatic ring is 1. The third kappa shape index (κ3) is 2.45. The average Bonchev–Trinajstić information content (AvgIpc) is 2.22. The van der Waals surface area contributed by atoms with Gasteiger partial charge in [-0.2, -0.15) is 0 Å². The average molecular weight is 282 g/mol. The topological polar surface area (TPSA) is 66.5 Å². The first-order valence-corrected chi connectivity index (χ1v) is 5.26. The second-order valence-electron chi connectivity index (χ2n) is 3.03. The molecule has 0 aliphatic rings. The summed E-state index contributed by atoms with van der Waals surface area (Å²) in [6.45, 7) is 0. The van der Waals surface area contributed by atoms with Gasteiger partial charge in [-0.1, -0.05) is 15.9 Å². The van der Waals surface area contributed by atoms with E-state index in [2.05, 4.69) is 15.9 Å². The number of rotatable bonds is 3. The molecule has 0 spiro atoms. The first-order chi connectivity index (χ1) is 6.99. The minimum atomic E-state index is -1.65. The lowest BCUT2D eigenvalue weighted by molar-refractivity contribution is 0.0296. The molecule has 0 saturated heterocycles. The molecule has 0 saturated carbocycles. The van der Waals surface area contributed by atoms with Crippen molar-refractivity contribution < 1.29 is 19.0 Å². The molecule has 0 aromatic heterocycles. The van der Waals surface area contributed by atoms with Gasteiger partial charge in [0.05, 0.1) is 17.4 Å². The van der Waals surface area contributed by atoms with Crippen LogP contribution in [0.4, 0.5) is 14.5 Å². The molecule has 4 N–H and O–H groups in total. The summed E-state index contributed by atoms with van der Waals surface area (Å²) in [6, 6.07) is 2.00. The fourth-order valence-corrected chi connectivity index (χ4v) is 1.49. The van der Waals surface area contributed by atoms with Crippen molar-refractivity contribution in [2.24, 2.45) is 0 Å². The molecule has 0 radical (unpaired) electrons. The number of aliphatic hydroxyl groups is 2. The third-order valence-electron chi connectivity index (χ3n) is 1.97. The smallest absolute Gasteiger partial charge is 0.154 e. The molecule has 0 bridgehead atoms. The van der Waals surface area contributed by atoms with E-state index in [-0.39, 0.29) is 11.0 Å². The Morgan fingerprint density at radius 2 is 1.93 bits per heavy atom. The number of hydrogen-bond donors (Lipinski definition) is 3. The van der Waals surface area contributed by atoms with Gasteiger partial charge < -0.3 is 15.9 Å². The molecule has 2 atom stereocenters. The Morgan fingerprint density at radius 1 is 1.33 bits per heavy atom. The number of alkyl halides is 1. The van der Waals surface area contributed by atoms with Crippen molar-refractivity contribution >= 4 is 21.6 Å². The second-order valence-corrected chi connectivity index (χ2v) is 3.68. The van der Waals surface area contributed by atoms with Gasteiger partial charge in [0.2, 0.25) is 0 Å². The molecule has 0 amide bonds. The molecule has 3 nitrogen and oxygen atoms in total. The second kappa shape index (κ2) is 4.87. The van der Waals surface area contributed by atoms with E-state index in [0.717, 1.165) is 12.1 Å². The lowest BCUT2D eigenvalue weighted by Crippen LogP contribution is -2.22. The minimum Gasteiger partial charge on any atom is -0.396 e. The molecular weight excluding hydrogens is 272 g/mol. The van der Waals surface area contributed by atoms with Gasteiger partial charge in [-0.15, -0.1) is 0 Å². The summed E-state index contributed by atoms with van der Waals surface area (Å²) in [7, 11) is 0. The standard InChI is InChI=1S/C9H10BrF2NO2/c10-3-6(14)9(15)7-4(11)1-2-5(13)8(7)12/h1-2,6,9,14-15H,3,13H2. The van der Waals surface area contributed by atoms with Crippen LogP contribution in [0, 0.1) is 11.6 Å². The van der Waals surface area contributed by atoms with Crippen LogP contribution in [-0.4, -0.2) is 21.6 Å². The van der Waals surface area contributed by atoms with Crippen LogP contribution in [0.25, 0.3) is 0 Å². The highest BCUT2D eigenvalue weighted by Gasteiger charge is 2.25. The predicted molar refractivity (Wildman–Crippen MR) is 55.5 cm³/mol. The molecule has 0 fully saturated rings. The summed E-state index contributed by atoms with van der Waals surface area (Å²) in [5, 5.41) is 18.7.